The first-order valence-corrected chi connectivity index (χ1v) is 5.97. The monoisotopic (exact) mass is 226 g/mol. The molecule has 2 heterocycles. The van der Waals surface area contributed by atoms with Crippen LogP contribution in [0, 0.1) is 0 Å². The second-order valence-electron chi connectivity index (χ2n) is 4.46. The molecule has 0 bridgehead atoms. The van der Waals surface area contributed by atoms with Crippen LogP contribution in [0.1, 0.15) is 35.7 Å². The molecule has 1 unspecified atom stereocenters. The van der Waals surface area contributed by atoms with E-state index in [1.54, 1.807) is 6.07 Å². The van der Waals surface area contributed by atoms with E-state index in [4.69, 9.17) is 0 Å². The Kier molecular flexibility index (Phi) is 2.52. The zero-order chi connectivity index (χ0) is 11.7. The van der Waals surface area contributed by atoms with Crippen LogP contribution in [-0.4, -0.2) is 9.97 Å². The lowest BCUT2D eigenvalue weighted by Crippen LogP contribution is -2.17. The van der Waals surface area contributed by atoms with E-state index >= 15 is 0 Å². The fourth-order valence-corrected chi connectivity index (χ4v) is 2.58. The van der Waals surface area contributed by atoms with Gasteiger partial charge >= 0.3 is 0 Å². The van der Waals surface area contributed by atoms with E-state index in [-0.39, 0.29) is 11.5 Å². The van der Waals surface area contributed by atoms with E-state index in [2.05, 4.69) is 16.0 Å². The number of H-pyrrole nitrogens is 1. The van der Waals surface area contributed by atoms with Gasteiger partial charge in [0.1, 0.15) is 0 Å². The van der Waals surface area contributed by atoms with Crippen LogP contribution in [0.4, 0.5) is 0 Å². The third kappa shape index (κ3) is 1.88. The summed E-state index contributed by atoms with van der Waals surface area (Å²) < 4.78 is 0. The van der Waals surface area contributed by atoms with Gasteiger partial charge in [-0.2, -0.15) is 0 Å². The summed E-state index contributed by atoms with van der Waals surface area (Å²) in [4.78, 5) is 18.8. The van der Waals surface area contributed by atoms with Crippen LogP contribution in [0.15, 0.2) is 41.3 Å². The molecule has 0 saturated carbocycles. The van der Waals surface area contributed by atoms with Crippen molar-refractivity contribution in [2.45, 2.75) is 25.2 Å². The summed E-state index contributed by atoms with van der Waals surface area (Å²) in [5.41, 5.74) is 3.39. The minimum atomic E-state index is -0.0365. The minimum absolute atomic E-state index is 0.0365. The third-order valence-electron chi connectivity index (χ3n) is 3.36. The molecule has 1 aliphatic rings. The zero-order valence-electron chi connectivity index (χ0n) is 9.52. The summed E-state index contributed by atoms with van der Waals surface area (Å²) in [6.45, 7) is 0. The number of aromatic amines is 1. The number of nitrogens with one attached hydrogen (secondary N) is 1. The molecule has 17 heavy (non-hydrogen) atoms. The lowest BCUT2D eigenvalue weighted by atomic mass is 9.84. The molecule has 1 atom stereocenters. The Bertz CT molecular complexity index is 589. The van der Waals surface area contributed by atoms with Crippen molar-refractivity contribution in [3.05, 3.63) is 63.8 Å². The van der Waals surface area contributed by atoms with Gasteiger partial charge in [0.2, 0.25) is 5.56 Å². The summed E-state index contributed by atoms with van der Waals surface area (Å²) in [6, 6.07) is 9.46. The normalized spacial score (nSPS) is 18.7. The Morgan fingerprint density at radius 2 is 2.18 bits per heavy atom. The highest BCUT2D eigenvalue weighted by molar-refractivity contribution is 5.32. The molecule has 0 fully saturated rings. The average molecular weight is 226 g/mol. The van der Waals surface area contributed by atoms with Gasteiger partial charge < -0.3 is 4.98 Å². The van der Waals surface area contributed by atoms with Crippen LogP contribution >= 0.6 is 0 Å². The second-order valence-corrected chi connectivity index (χ2v) is 4.46. The molecular weight excluding hydrogens is 212 g/mol. The molecule has 3 heteroatoms. The van der Waals surface area contributed by atoms with Gasteiger partial charge in [-0.05, 0) is 37.0 Å². The maximum Gasteiger partial charge on any atom is 0.248 e. The van der Waals surface area contributed by atoms with Crippen molar-refractivity contribution in [2.75, 3.05) is 0 Å². The topological polar surface area (TPSA) is 45.8 Å². The van der Waals surface area contributed by atoms with Crippen molar-refractivity contribution in [1.29, 1.82) is 0 Å². The van der Waals surface area contributed by atoms with Crippen molar-refractivity contribution in [1.82, 2.24) is 9.97 Å². The molecular formula is C14H14N2O. The third-order valence-corrected chi connectivity index (χ3v) is 3.36. The quantitative estimate of drug-likeness (QED) is 0.810. The molecule has 0 spiro atoms. The van der Waals surface area contributed by atoms with Gasteiger partial charge in [0.25, 0.3) is 0 Å². The summed E-state index contributed by atoms with van der Waals surface area (Å²) in [6.07, 6.45) is 5.14. The number of rotatable bonds is 1. The van der Waals surface area contributed by atoms with E-state index < -0.39 is 0 Å². The Morgan fingerprint density at radius 3 is 3.06 bits per heavy atom. The molecule has 0 radical (unpaired) electrons. The Balaban J connectivity index is 2.09. The van der Waals surface area contributed by atoms with Crippen LogP contribution in [0.2, 0.25) is 0 Å². The fourth-order valence-electron chi connectivity index (χ4n) is 2.58. The zero-order valence-corrected chi connectivity index (χ0v) is 9.52. The predicted molar refractivity (Wildman–Crippen MR) is 66.1 cm³/mol. The molecule has 1 aliphatic carbocycles. The number of aryl methyl sites for hydroxylation is 1. The first kappa shape index (κ1) is 10.3. The molecule has 0 amide bonds. The maximum absolute atomic E-state index is 11.4. The van der Waals surface area contributed by atoms with E-state index in [9.17, 15) is 4.79 Å². The highest BCUT2D eigenvalue weighted by Gasteiger charge is 2.23. The number of pyridine rings is 2. The lowest BCUT2D eigenvalue weighted by Gasteiger charge is -2.24. The summed E-state index contributed by atoms with van der Waals surface area (Å²) in [5, 5.41) is 0. The number of aromatic nitrogens is 2. The number of hydrogen-bond donors (Lipinski definition) is 1. The van der Waals surface area contributed by atoms with Gasteiger partial charge in [0, 0.05) is 23.9 Å². The first-order chi connectivity index (χ1) is 8.34. The van der Waals surface area contributed by atoms with Crippen LogP contribution in [0.3, 0.4) is 0 Å². The summed E-state index contributed by atoms with van der Waals surface area (Å²) in [5.74, 6) is 0.244. The lowest BCUT2D eigenvalue weighted by molar-refractivity contribution is 0.586. The van der Waals surface area contributed by atoms with E-state index in [1.165, 1.54) is 5.56 Å². The van der Waals surface area contributed by atoms with Gasteiger partial charge in [-0.15, -0.1) is 0 Å². The Hall–Kier alpha value is -1.90. The average Bonchev–Trinajstić information content (AvgIpc) is 2.38. The minimum Gasteiger partial charge on any atom is -0.326 e. The Morgan fingerprint density at radius 1 is 1.24 bits per heavy atom. The molecule has 0 aromatic carbocycles. The van der Waals surface area contributed by atoms with Crippen LogP contribution < -0.4 is 5.56 Å². The largest absolute Gasteiger partial charge is 0.326 e. The van der Waals surface area contributed by atoms with Gasteiger partial charge in [-0.1, -0.05) is 12.1 Å². The predicted octanol–water partition coefficient (Wildman–Crippen LogP) is 2.24. The molecule has 3 nitrogen and oxygen atoms in total. The molecule has 1 N–H and O–H groups in total. The van der Waals surface area contributed by atoms with Crippen molar-refractivity contribution >= 4 is 0 Å². The van der Waals surface area contributed by atoms with Gasteiger partial charge in [0.05, 0.1) is 5.69 Å². The fraction of sp³-hybridized carbons (Fsp3) is 0.286. The first-order valence-electron chi connectivity index (χ1n) is 5.97. The van der Waals surface area contributed by atoms with Crippen molar-refractivity contribution < 1.29 is 0 Å². The van der Waals surface area contributed by atoms with Crippen LogP contribution in [0.5, 0.6) is 0 Å². The number of hydrogen-bond acceptors (Lipinski definition) is 2. The van der Waals surface area contributed by atoms with Gasteiger partial charge in [0.15, 0.2) is 0 Å². The van der Waals surface area contributed by atoms with Crippen molar-refractivity contribution in [2.24, 2.45) is 0 Å². The molecule has 2 aromatic heterocycles. The standard InChI is InChI=1S/C14H14N2O/c17-13-8-2-7-12(16-13)11-6-1-4-10-5-3-9-15-14(10)11/h2-3,5,7-9,11H,1,4,6H2,(H,16,17). The van der Waals surface area contributed by atoms with E-state index in [0.717, 1.165) is 30.7 Å². The van der Waals surface area contributed by atoms with Crippen LogP contribution in [-0.2, 0) is 6.42 Å². The molecule has 0 saturated heterocycles. The molecule has 86 valence electrons. The SMILES string of the molecule is O=c1cccc(C2CCCc3cccnc32)[nH]1. The van der Waals surface area contributed by atoms with E-state index in [0.29, 0.717) is 0 Å². The smallest absolute Gasteiger partial charge is 0.248 e. The van der Waals surface area contributed by atoms with Gasteiger partial charge in [-0.3, -0.25) is 9.78 Å². The molecule has 2 aromatic rings. The number of nitrogens with zero attached hydrogens (tertiary/aromatic N) is 1. The van der Waals surface area contributed by atoms with Crippen LogP contribution in [0.25, 0.3) is 0 Å². The molecule has 0 aliphatic heterocycles. The maximum atomic E-state index is 11.4. The van der Waals surface area contributed by atoms with Crippen molar-refractivity contribution in [3.63, 3.8) is 0 Å². The van der Waals surface area contributed by atoms with Crippen molar-refractivity contribution in [3.8, 4) is 0 Å². The Labute approximate surface area is 99.5 Å². The second kappa shape index (κ2) is 4.17. The highest BCUT2D eigenvalue weighted by Crippen LogP contribution is 2.33. The summed E-state index contributed by atoms with van der Waals surface area (Å²) in [7, 11) is 0. The highest BCUT2D eigenvalue weighted by atomic mass is 16.1. The van der Waals surface area contributed by atoms with Gasteiger partial charge in [-0.25, -0.2) is 0 Å². The summed E-state index contributed by atoms with van der Waals surface area (Å²) >= 11 is 0. The van der Waals surface area contributed by atoms with E-state index in [1.807, 2.05) is 24.4 Å². The number of fused-ring (bicyclic) bond motifs is 1. The molecule has 3 rings (SSSR count).